The highest BCUT2D eigenvalue weighted by Gasteiger charge is 2.33. The third-order valence-corrected chi connectivity index (χ3v) is 3.93. The lowest BCUT2D eigenvalue weighted by Gasteiger charge is -2.10. The van der Waals surface area contributed by atoms with Crippen LogP contribution in [-0.4, -0.2) is 34.6 Å². The Balaban J connectivity index is 2.20. The van der Waals surface area contributed by atoms with E-state index in [-0.39, 0.29) is 11.8 Å². The van der Waals surface area contributed by atoms with E-state index in [1.807, 2.05) is 18.4 Å². The minimum atomic E-state index is -0.296. The molecule has 0 bridgehead atoms. The van der Waals surface area contributed by atoms with E-state index in [9.17, 15) is 14.4 Å². The fourth-order valence-electron chi connectivity index (χ4n) is 2.79. The zero-order chi connectivity index (χ0) is 15.3. The molecule has 0 atom stereocenters. The molecule has 5 heteroatoms. The van der Waals surface area contributed by atoms with Crippen LogP contribution in [0.5, 0.6) is 0 Å². The van der Waals surface area contributed by atoms with Crippen molar-refractivity contribution in [3.05, 3.63) is 52.3 Å². The molecule has 5 nitrogen and oxygen atoms in total. The van der Waals surface area contributed by atoms with Gasteiger partial charge in [-0.05, 0) is 38.1 Å². The Bertz CT molecular complexity index is 802. The summed E-state index contributed by atoms with van der Waals surface area (Å²) in [7, 11) is 1.47. The van der Waals surface area contributed by atoms with Crippen molar-refractivity contribution < 1.29 is 14.4 Å². The summed E-state index contributed by atoms with van der Waals surface area (Å²) in [5.41, 5.74) is 3.93. The van der Waals surface area contributed by atoms with E-state index >= 15 is 0 Å². The Morgan fingerprint density at radius 1 is 1.00 bits per heavy atom. The van der Waals surface area contributed by atoms with Crippen LogP contribution in [-0.2, 0) is 0 Å². The van der Waals surface area contributed by atoms with Crippen LogP contribution in [0.4, 0.5) is 0 Å². The Kier molecular flexibility index (Phi) is 2.79. The highest BCUT2D eigenvalue weighted by Crippen LogP contribution is 2.26. The summed E-state index contributed by atoms with van der Waals surface area (Å²) in [5, 5.41) is 0. The SMILES string of the molecule is Cc1cc(C=O)c(C)n1-c1ccc2c(c1)C(=O)N(C)C2=O. The van der Waals surface area contributed by atoms with Crippen LogP contribution in [0.15, 0.2) is 24.3 Å². The van der Waals surface area contributed by atoms with E-state index in [1.165, 1.54) is 7.05 Å². The van der Waals surface area contributed by atoms with Crippen LogP contribution in [0, 0.1) is 13.8 Å². The third kappa shape index (κ3) is 1.74. The van der Waals surface area contributed by atoms with Crippen LogP contribution < -0.4 is 0 Å². The van der Waals surface area contributed by atoms with E-state index in [0.29, 0.717) is 16.7 Å². The Morgan fingerprint density at radius 3 is 2.29 bits per heavy atom. The Hall–Kier alpha value is -2.69. The molecule has 106 valence electrons. The van der Waals surface area contributed by atoms with Gasteiger partial charge in [-0.1, -0.05) is 0 Å². The molecule has 2 heterocycles. The van der Waals surface area contributed by atoms with Crippen LogP contribution in [0.25, 0.3) is 5.69 Å². The predicted octanol–water partition coefficient (Wildman–Crippen LogP) is 2.13. The molecule has 0 fully saturated rings. The number of amides is 2. The van der Waals surface area contributed by atoms with Crippen LogP contribution in [0.1, 0.15) is 42.5 Å². The molecule has 0 N–H and O–H groups in total. The van der Waals surface area contributed by atoms with E-state index in [4.69, 9.17) is 0 Å². The first-order chi connectivity index (χ1) is 9.95. The highest BCUT2D eigenvalue weighted by atomic mass is 16.2. The van der Waals surface area contributed by atoms with Crippen molar-refractivity contribution in [1.82, 2.24) is 9.47 Å². The zero-order valence-corrected chi connectivity index (χ0v) is 12.0. The fraction of sp³-hybridized carbons (Fsp3) is 0.188. The van der Waals surface area contributed by atoms with Gasteiger partial charge in [0.2, 0.25) is 0 Å². The lowest BCUT2D eigenvalue weighted by atomic mass is 10.1. The lowest BCUT2D eigenvalue weighted by molar-refractivity contribution is 0.0693. The summed E-state index contributed by atoms with van der Waals surface area (Å²) in [6, 6.07) is 6.95. The summed E-state index contributed by atoms with van der Waals surface area (Å²) < 4.78 is 1.90. The van der Waals surface area contributed by atoms with Crippen molar-refractivity contribution in [1.29, 1.82) is 0 Å². The summed E-state index contributed by atoms with van der Waals surface area (Å²) in [6.07, 6.45) is 0.814. The van der Waals surface area contributed by atoms with Crippen molar-refractivity contribution in [2.75, 3.05) is 7.05 Å². The van der Waals surface area contributed by atoms with Crippen LogP contribution in [0.3, 0.4) is 0 Å². The predicted molar refractivity (Wildman–Crippen MR) is 77.1 cm³/mol. The standard InChI is InChI=1S/C16H14N2O3/c1-9-6-11(8-19)10(2)18(9)12-4-5-13-14(7-12)16(21)17(3)15(13)20/h4-8H,1-3H3. The second-order valence-electron chi connectivity index (χ2n) is 5.18. The Labute approximate surface area is 121 Å². The number of carbonyl (C=O) groups is 3. The number of fused-ring (bicyclic) bond motifs is 1. The number of rotatable bonds is 2. The molecule has 2 amide bonds. The largest absolute Gasteiger partial charge is 0.318 e. The normalized spacial score (nSPS) is 13.8. The number of hydrogen-bond acceptors (Lipinski definition) is 3. The molecule has 0 unspecified atom stereocenters. The number of hydrogen-bond donors (Lipinski definition) is 0. The first-order valence-electron chi connectivity index (χ1n) is 6.56. The van der Waals surface area contributed by atoms with Gasteiger partial charge < -0.3 is 4.57 Å². The van der Waals surface area contributed by atoms with Crippen LogP contribution >= 0.6 is 0 Å². The van der Waals surface area contributed by atoms with Crippen molar-refractivity contribution in [2.24, 2.45) is 0 Å². The zero-order valence-electron chi connectivity index (χ0n) is 12.0. The second-order valence-corrected chi connectivity index (χ2v) is 5.18. The Morgan fingerprint density at radius 2 is 1.67 bits per heavy atom. The summed E-state index contributed by atoms with van der Waals surface area (Å²) >= 11 is 0. The molecule has 2 aromatic rings. The third-order valence-electron chi connectivity index (χ3n) is 3.93. The molecule has 0 saturated heterocycles. The van der Waals surface area contributed by atoms with Gasteiger partial charge in [-0.3, -0.25) is 19.3 Å². The number of benzene rings is 1. The molecule has 0 spiro atoms. The molecule has 3 rings (SSSR count). The van der Waals surface area contributed by atoms with Gasteiger partial charge in [0.15, 0.2) is 6.29 Å². The average Bonchev–Trinajstić information content (AvgIpc) is 2.88. The summed E-state index contributed by atoms with van der Waals surface area (Å²) in [4.78, 5) is 36.1. The van der Waals surface area contributed by atoms with E-state index in [0.717, 1.165) is 28.3 Å². The summed E-state index contributed by atoms with van der Waals surface area (Å²) in [5.74, 6) is -0.578. The van der Waals surface area contributed by atoms with Gasteiger partial charge in [0.25, 0.3) is 11.8 Å². The summed E-state index contributed by atoms with van der Waals surface area (Å²) in [6.45, 7) is 3.75. The van der Waals surface area contributed by atoms with Gasteiger partial charge in [0.1, 0.15) is 0 Å². The van der Waals surface area contributed by atoms with Crippen LogP contribution in [0.2, 0.25) is 0 Å². The van der Waals surface area contributed by atoms with E-state index in [2.05, 4.69) is 0 Å². The van der Waals surface area contributed by atoms with Gasteiger partial charge in [0.05, 0.1) is 11.1 Å². The minimum absolute atomic E-state index is 0.281. The monoisotopic (exact) mass is 282 g/mol. The topological polar surface area (TPSA) is 59.4 Å². The van der Waals surface area contributed by atoms with Gasteiger partial charge in [0, 0.05) is 29.7 Å². The first-order valence-corrected chi connectivity index (χ1v) is 6.56. The maximum absolute atomic E-state index is 12.1. The molecule has 0 radical (unpaired) electrons. The second kappa shape index (κ2) is 4.41. The van der Waals surface area contributed by atoms with Crippen molar-refractivity contribution >= 4 is 18.1 Å². The van der Waals surface area contributed by atoms with Crippen molar-refractivity contribution in [3.63, 3.8) is 0 Å². The van der Waals surface area contributed by atoms with Crippen molar-refractivity contribution in [3.8, 4) is 5.69 Å². The number of aromatic nitrogens is 1. The van der Waals surface area contributed by atoms with Gasteiger partial charge >= 0.3 is 0 Å². The smallest absolute Gasteiger partial charge is 0.261 e. The van der Waals surface area contributed by atoms with E-state index in [1.54, 1.807) is 24.3 Å². The number of aryl methyl sites for hydroxylation is 1. The number of carbonyl (C=O) groups excluding carboxylic acids is 3. The number of imide groups is 1. The van der Waals surface area contributed by atoms with Gasteiger partial charge in [-0.2, -0.15) is 0 Å². The molecule has 1 aromatic heterocycles. The lowest BCUT2D eigenvalue weighted by Crippen LogP contribution is -2.24. The molecule has 1 aliphatic heterocycles. The fourth-order valence-corrected chi connectivity index (χ4v) is 2.79. The first kappa shape index (κ1) is 13.3. The molecule has 1 aliphatic rings. The minimum Gasteiger partial charge on any atom is -0.318 e. The highest BCUT2D eigenvalue weighted by molar-refractivity contribution is 6.21. The van der Waals surface area contributed by atoms with E-state index < -0.39 is 0 Å². The number of aldehydes is 1. The average molecular weight is 282 g/mol. The molecular weight excluding hydrogens is 268 g/mol. The molecular formula is C16H14N2O3. The quantitative estimate of drug-likeness (QED) is 0.626. The van der Waals surface area contributed by atoms with Crippen molar-refractivity contribution in [2.45, 2.75) is 13.8 Å². The maximum atomic E-state index is 12.1. The maximum Gasteiger partial charge on any atom is 0.261 e. The molecule has 1 aromatic carbocycles. The number of nitrogens with zero attached hydrogens (tertiary/aromatic N) is 2. The molecule has 21 heavy (non-hydrogen) atoms. The van der Waals surface area contributed by atoms with Gasteiger partial charge in [-0.25, -0.2) is 0 Å². The van der Waals surface area contributed by atoms with Gasteiger partial charge in [-0.15, -0.1) is 0 Å². The molecule has 0 aliphatic carbocycles. The molecule has 0 saturated carbocycles.